The Bertz CT molecular complexity index is 1660. The third-order valence-corrected chi connectivity index (χ3v) is 9.94. The fourth-order valence-corrected chi connectivity index (χ4v) is 8.23. The summed E-state index contributed by atoms with van der Waals surface area (Å²) in [6, 6.07) is 15.6. The highest BCUT2D eigenvalue weighted by atomic mass is 35.5. The maximum absolute atomic E-state index is 14.3. The van der Waals surface area contributed by atoms with Gasteiger partial charge in [0.05, 0.1) is 16.1 Å². The van der Waals surface area contributed by atoms with Crippen molar-refractivity contribution in [3.8, 4) is 0 Å². The van der Waals surface area contributed by atoms with E-state index in [-0.39, 0.29) is 26.2 Å². The van der Waals surface area contributed by atoms with Gasteiger partial charge < -0.3 is 10.2 Å². The minimum atomic E-state index is -4.42. The van der Waals surface area contributed by atoms with Crippen molar-refractivity contribution in [1.82, 2.24) is 5.32 Å². The highest BCUT2D eigenvalue weighted by Gasteiger charge is 2.81. The minimum absolute atomic E-state index is 0.0138. The largest absolute Gasteiger partial charge is 0.354 e. The van der Waals surface area contributed by atoms with E-state index in [1.807, 2.05) is 6.92 Å². The molecule has 0 aliphatic carbocycles. The van der Waals surface area contributed by atoms with Gasteiger partial charge in [-0.25, -0.2) is 8.42 Å². The Balaban J connectivity index is 1.74. The molecule has 3 aromatic rings. The van der Waals surface area contributed by atoms with E-state index in [4.69, 9.17) is 23.8 Å². The number of thiocarbonyl (C=S) groups is 1. The first kappa shape index (κ1) is 23.8. The van der Waals surface area contributed by atoms with E-state index in [1.54, 1.807) is 43.4 Å². The normalized spacial score (nSPS) is 25.8. The lowest BCUT2D eigenvalue weighted by molar-refractivity contribution is -0.555. The Hall–Kier alpha value is -3.54. The van der Waals surface area contributed by atoms with Gasteiger partial charge in [0, 0.05) is 28.2 Å². The van der Waals surface area contributed by atoms with Gasteiger partial charge in [-0.1, -0.05) is 59.7 Å². The molecule has 9 nitrogen and oxygen atoms in total. The van der Waals surface area contributed by atoms with Gasteiger partial charge >= 0.3 is 5.54 Å². The van der Waals surface area contributed by atoms with Gasteiger partial charge in [-0.05, 0) is 43.3 Å². The second-order valence-electron chi connectivity index (χ2n) is 9.34. The number of nitro groups is 1. The first-order valence-corrected chi connectivity index (χ1v) is 13.5. The summed E-state index contributed by atoms with van der Waals surface area (Å²) in [7, 11) is -2.88. The Morgan fingerprint density at radius 1 is 1.05 bits per heavy atom. The second kappa shape index (κ2) is 7.50. The smallest absolute Gasteiger partial charge is 0.322 e. The average molecular weight is 555 g/mol. The number of nitrogens with zero attached hydrogens (tertiary/aromatic N) is 3. The number of benzene rings is 3. The Morgan fingerprint density at radius 3 is 2.41 bits per heavy atom. The van der Waals surface area contributed by atoms with Crippen LogP contribution in [0, 0.1) is 17.0 Å². The molecular formula is C25H19ClN4O5S2. The molecule has 1 saturated heterocycles. The summed E-state index contributed by atoms with van der Waals surface area (Å²) < 4.78 is 29.6. The third-order valence-electron chi connectivity index (χ3n) is 7.50. The molecule has 0 saturated carbocycles. The molecule has 3 atom stereocenters. The van der Waals surface area contributed by atoms with E-state index in [1.165, 1.54) is 35.2 Å². The van der Waals surface area contributed by atoms with Crippen molar-refractivity contribution in [3.63, 3.8) is 0 Å². The van der Waals surface area contributed by atoms with E-state index in [0.29, 0.717) is 11.3 Å². The number of nitrogens with one attached hydrogen (secondary N) is 1. The van der Waals surface area contributed by atoms with Crippen molar-refractivity contribution < 1.29 is 18.1 Å². The molecule has 1 N–H and O–H groups in total. The minimum Gasteiger partial charge on any atom is -0.354 e. The number of halogens is 1. The van der Waals surface area contributed by atoms with Crippen LogP contribution < -0.4 is 14.5 Å². The quantitative estimate of drug-likeness (QED) is 0.299. The summed E-state index contributed by atoms with van der Waals surface area (Å²) in [5.74, 6) is -0.548. The molecule has 0 unspecified atom stereocenters. The van der Waals surface area contributed by atoms with Crippen LogP contribution in [0.25, 0.3) is 0 Å². The number of rotatable bonds is 3. The van der Waals surface area contributed by atoms with E-state index >= 15 is 0 Å². The fraction of sp³-hybridized carbons (Fsp3) is 0.200. The number of carbonyl (C=O) groups is 1. The number of carbonyl (C=O) groups excluding carboxylic acids is 1. The zero-order valence-electron chi connectivity index (χ0n) is 19.5. The molecule has 0 bridgehead atoms. The Labute approximate surface area is 222 Å². The van der Waals surface area contributed by atoms with Crippen LogP contribution in [-0.4, -0.2) is 37.3 Å². The van der Waals surface area contributed by atoms with Gasteiger partial charge in [0.2, 0.25) is 0 Å². The molecule has 6 rings (SSSR count). The molecule has 1 fully saturated rings. The molecular weight excluding hydrogens is 536 g/mol. The van der Waals surface area contributed by atoms with E-state index in [0.717, 1.165) is 9.87 Å². The van der Waals surface area contributed by atoms with Gasteiger partial charge in [-0.2, -0.15) is 0 Å². The zero-order chi connectivity index (χ0) is 26.5. The van der Waals surface area contributed by atoms with Crippen molar-refractivity contribution in [2.75, 3.05) is 16.3 Å². The van der Waals surface area contributed by atoms with Crippen molar-refractivity contribution in [1.29, 1.82) is 0 Å². The Kier molecular flexibility index (Phi) is 4.83. The predicted octanol–water partition coefficient (Wildman–Crippen LogP) is 3.50. The lowest BCUT2D eigenvalue weighted by atomic mass is 9.77. The molecule has 3 aliphatic rings. The van der Waals surface area contributed by atoms with Crippen molar-refractivity contribution >= 4 is 56.1 Å². The number of likely N-dealkylation sites (N-methyl/N-ethyl adjacent to an activating group) is 1. The average Bonchev–Trinajstić information content (AvgIpc) is 3.40. The summed E-state index contributed by atoms with van der Waals surface area (Å²) in [5.41, 5.74) is -2.30. The van der Waals surface area contributed by atoms with Crippen LogP contribution >= 0.6 is 23.8 Å². The number of amides is 1. The molecule has 1 spiro atoms. The monoisotopic (exact) mass is 554 g/mol. The predicted molar refractivity (Wildman–Crippen MR) is 142 cm³/mol. The lowest BCUT2D eigenvalue weighted by Crippen LogP contribution is -2.62. The number of hydrogen-bond donors (Lipinski definition) is 1. The molecule has 37 heavy (non-hydrogen) atoms. The summed E-state index contributed by atoms with van der Waals surface area (Å²) in [6.45, 7) is 1.82. The second-order valence-corrected chi connectivity index (χ2v) is 12.0. The van der Waals surface area contributed by atoms with Crippen molar-refractivity contribution in [2.24, 2.45) is 0 Å². The molecule has 0 aromatic heterocycles. The first-order valence-electron chi connectivity index (χ1n) is 11.2. The fourth-order valence-electron chi connectivity index (χ4n) is 5.89. The van der Waals surface area contributed by atoms with Crippen LogP contribution in [-0.2, 0) is 25.9 Å². The summed E-state index contributed by atoms with van der Waals surface area (Å²) >= 11 is 11.9. The van der Waals surface area contributed by atoms with E-state index in [2.05, 4.69) is 5.32 Å². The van der Waals surface area contributed by atoms with E-state index < -0.39 is 38.0 Å². The highest BCUT2D eigenvalue weighted by molar-refractivity contribution is 7.93. The number of sulfonamides is 1. The van der Waals surface area contributed by atoms with Crippen LogP contribution in [0.3, 0.4) is 0 Å². The van der Waals surface area contributed by atoms with Gasteiger partial charge in [0.1, 0.15) is 0 Å². The number of anilines is 2. The molecule has 3 heterocycles. The number of para-hydroxylation sites is 1. The van der Waals surface area contributed by atoms with Crippen LogP contribution in [0.1, 0.15) is 16.7 Å². The lowest BCUT2D eigenvalue weighted by Gasteiger charge is -2.36. The third kappa shape index (κ3) is 2.71. The summed E-state index contributed by atoms with van der Waals surface area (Å²) in [4.78, 5) is 27.6. The van der Waals surface area contributed by atoms with Crippen LogP contribution in [0.2, 0.25) is 5.02 Å². The molecule has 3 aromatic carbocycles. The van der Waals surface area contributed by atoms with E-state index in [9.17, 15) is 23.3 Å². The van der Waals surface area contributed by atoms with Gasteiger partial charge in [-0.3, -0.25) is 19.2 Å². The van der Waals surface area contributed by atoms with Gasteiger partial charge in [0.15, 0.2) is 16.6 Å². The molecule has 3 aliphatic heterocycles. The maximum Gasteiger partial charge on any atom is 0.322 e. The molecule has 12 heteroatoms. The van der Waals surface area contributed by atoms with Crippen LogP contribution in [0.15, 0.2) is 71.6 Å². The van der Waals surface area contributed by atoms with Crippen molar-refractivity contribution in [3.05, 3.63) is 98.6 Å². The van der Waals surface area contributed by atoms with Gasteiger partial charge in [-0.15, -0.1) is 0 Å². The standard InChI is InChI=1S/C25H19ClN4O5S2/c1-14-7-10-16(11-8-14)37(34,35)29-20-12-9-15(26)13-18(20)25(30(32)33)21(29)24(27-22(25)36)17-5-3-4-6-19(17)28(2)23(24)31/h3-13,21H,1-2H3,(H,27,36)/t21-,24+,25+/m1/s1. The van der Waals surface area contributed by atoms with Crippen molar-refractivity contribution in [2.45, 2.75) is 28.9 Å². The van der Waals surface area contributed by atoms with Crippen LogP contribution in [0.5, 0.6) is 0 Å². The topological polar surface area (TPSA) is 113 Å². The SMILES string of the molecule is Cc1ccc(S(=O)(=O)N2c3ccc(Cl)cc3[C@@]3([N+](=O)[O-])C(=S)N[C@]4(C(=O)N(C)c5ccccc54)[C@@H]23)cc1. The number of hydrogen-bond acceptors (Lipinski definition) is 6. The summed E-state index contributed by atoms with van der Waals surface area (Å²) in [6.07, 6.45) is 0. The Morgan fingerprint density at radius 2 is 1.73 bits per heavy atom. The number of fused-ring (bicyclic) bond motifs is 6. The van der Waals surface area contributed by atoms with Gasteiger partial charge in [0.25, 0.3) is 15.9 Å². The molecule has 188 valence electrons. The molecule has 1 amide bonds. The molecule has 0 radical (unpaired) electrons. The van der Waals surface area contributed by atoms with Crippen LogP contribution in [0.4, 0.5) is 11.4 Å². The highest BCUT2D eigenvalue weighted by Crippen LogP contribution is 2.61. The summed E-state index contributed by atoms with van der Waals surface area (Å²) in [5, 5.41) is 16.2. The maximum atomic E-state index is 14.3. The zero-order valence-corrected chi connectivity index (χ0v) is 21.9. The first-order chi connectivity index (χ1) is 17.5. The number of aryl methyl sites for hydroxylation is 1.